The molecule has 3 aliphatic heterocycles. The van der Waals surface area contributed by atoms with E-state index >= 15 is 0 Å². The normalized spacial score (nSPS) is 25.9. The number of nitrogens with one attached hydrogen (secondary N) is 1. The second kappa shape index (κ2) is 16.7. The van der Waals surface area contributed by atoms with E-state index in [1.165, 1.54) is 12.0 Å². The zero-order valence-corrected chi connectivity index (χ0v) is 31.0. The number of para-hydroxylation sites is 1. The van der Waals surface area contributed by atoms with E-state index in [-0.39, 0.29) is 55.8 Å². The van der Waals surface area contributed by atoms with E-state index in [1.807, 2.05) is 50.2 Å². The molecular weight excluding hydrogens is 718 g/mol. The number of esters is 1. The molecule has 2 bridgehead atoms. The molecule has 274 valence electrons. The minimum atomic E-state index is -1.34. The molecule has 5 rings (SSSR count). The number of likely N-dealkylation sites (tertiary alicyclic amines) is 1. The van der Waals surface area contributed by atoms with Crippen LogP contribution in [0.4, 0.5) is 5.69 Å². The summed E-state index contributed by atoms with van der Waals surface area (Å²) in [5.41, 5.74) is 1.79. The van der Waals surface area contributed by atoms with Crippen LogP contribution in [0.1, 0.15) is 48.5 Å². The first-order chi connectivity index (χ1) is 24.5. The van der Waals surface area contributed by atoms with Gasteiger partial charge in [-0.05, 0) is 49.8 Å². The number of methoxy groups -OCH3 is 1. The predicted octanol–water partition coefficient (Wildman–Crippen LogP) is 4.33. The fraction of sp³-hybridized carbons (Fsp3) is 0.487. The van der Waals surface area contributed by atoms with Crippen LogP contribution in [-0.4, -0.2) is 95.7 Å². The lowest BCUT2D eigenvalue weighted by Gasteiger charge is -2.38. The van der Waals surface area contributed by atoms with Crippen LogP contribution >= 0.6 is 15.9 Å². The van der Waals surface area contributed by atoms with Crippen LogP contribution in [-0.2, 0) is 33.4 Å². The average molecular weight is 767 g/mol. The summed E-state index contributed by atoms with van der Waals surface area (Å²) in [6.45, 7) is 11.6. The van der Waals surface area contributed by atoms with Gasteiger partial charge in [0.25, 0.3) is 5.91 Å². The Balaban J connectivity index is 1.53. The number of anilines is 1. The molecule has 11 nitrogen and oxygen atoms in total. The van der Waals surface area contributed by atoms with Crippen LogP contribution in [0.25, 0.3) is 0 Å². The van der Waals surface area contributed by atoms with E-state index in [0.717, 1.165) is 16.8 Å². The monoisotopic (exact) mass is 765 g/mol. The van der Waals surface area contributed by atoms with Crippen LogP contribution in [0.5, 0.6) is 0 Å². The summed E-state index contributed by atoms with van der Waals surface area (Å²) in [5, 5.41) is 12.8. The highest BCUT2D eigenvalue weighted by molar-refractivity contribution is 9.09. The van der Waals surface area contributed by atoms with Crippen molar-refractivity contribution < 1.29 is 38.5 Å². The molecule has 0 saturated carbocycles. The molecule has 3 amide bonds. The number of allylic oxidation sites excluding steroid dienone is 1. The van der Waals surface area contributed by atoms with E-state index in [2.05, 4.69) is 34.4 Å². The Bertz CT molecular complexity index is 1600. The molecule has 8 atom stereocenters. The summed E-state index contributed by atoms with van der Waals surface area (Å²) >= 11 is 3.73. The first kappa shape index (κ1) is 38.4. The Morgan fingerprint density at radius 2 is 1.84 bits per heavy atom. The summed E-state index contributed by atoms with van der Waals surface area (Å²) in [7, 11) is 1.50. The minimum Gasteiger partial charge on any atom is -0.455 e. The van der Waals surface area contributed by atoms with Gasteiger partial charge in [0, 0.05) is 43.7 Å². The van der Waals surface area contributed by atoms with E-state index in [1.54, 1.807) is 29.2 Å². The number of hydrogen-bond donors (Lipinski definition) is 2. The van der Waals surface area contributed by atoms with Gasteiger partial charge < -0.3 is 34.4 Å². The Hall–Kier alpha value is -3.84. The maximum absolute atomic E-state index is 14.9. The van der Waals surface area contributed by atoms with Crippen LogP contribution in [0.15, 0.2) is 73.8 Å². The van der Waals surface area contributed by atoms with E-state index in [9.17, 15) is 24.3 Å². The molecule has 1 unspecified atom stereocenters. The lowest BCUT2D eigenvalue weighted by atomic mass is 9.70. The van der Waals surface area contributed by atoms with Gasteiger partial charge in [0.2, 0.25) is 11.8 Å². The molecule has 0 aliphatic carbocycles. The number of aliphatic hydroxyl groups excluding tert-OH is 1. The lowest BCUT2D eigenvalue weighted by molar-refractivity contribution is -0.163. The Morgan fingerprint density at radius 3 is 2.47 bits per heavy atom. The summed E-state index contributed by atoms with van der Waals surface area (Å²) in [4.78, 5) is 59.7. The average Bonchev–Trinajstić information content (AvgIpc) is 3.71. The number of benzene rings is 2. The zero-order chi connectivity index (χ0) is 36.9. The van der Waals surface area contributed by atoms with Crippen LogP contribution < -0.4 is 10.2 Å². The van der Waals surface area contributed by atoms with Gasteiger partial charge in [0.05, 0.1) is 30.6 Å². The van der Waals surface area contributed by atoms with E-state index in [0.29, 0.717) is 18.4 Å². The quantitative estimate of drug-likeness (QED) is 0.138. The molecule has 0 aromatic heterocycles. The van der Waals surface area contributed by atoms with Gasteiger partial charge in [-0.1, -0.05) is 76.6 Å². The second-order valence-electron chi connectivity index (χ2n) is 13.5. The third-order valence-electron chi connectivity index (χ3n) is 10.1. The van der Waals surface area contributed by atoms with Crippen molar-refractivity contribution in [3.05, 3.63) is 90.5 Å². The van der Waals surface area contributed by atoms with Gasteiger partial charge in [0.15, 0.2) is 0 Å². The molecule has 51 heavy (non-hydrogen) atoms. The molecule has 3 heterocycles. The largest absolute Gasteiger partial charge is 0.455 e. The van der Waals surface area contributed by atoms with Crippen molar-refractivity contribution in [1.82, 2.24) is 10.2 Å². The number of halogens is 1. The van der Waals surface area contributed by atoms with E-state index in [4.69, 9.17) is 14.2 Å². The van der Waals surface area contributed by atoms with Gasteiger partial charge in [-0.15, -0.1) is 13.2 Å². The summed E-state index contributed by atoms with van der Waals surface area (Å²) in [6, 6.07) is 13.0. The van der Waals surface area contributed by atoms with Crippen LogP contribution in [0.3, 0.4) is 0 Å². The molecule has 3 aliphatic rings. The number of amides is 3. The highest BCUT2D eigenvalue weighted by atomic mass is 79.9. The first-order valence-corrected chi connectivity index (χ1v) is 18.3. The van der Waals surface area contributed by atoms with E-state index < -0.39 is 53.6 Å². The smallest absolute Gasteiger partial charge is 0.313 e. The first-order valence-electron chi connectivity index (χ1n) is 17.4. The molecule has 2 aromatic rings. The van der Waals surface area contributed by atoms with Gasteiger partial charge >= 0.3 is 5.97 Å². The highest BCUT2D eigenvalue weighted by Gasteiger charge is 2.77. The second-order valence-corrected chi connectivity index (χ2v) is 14.7. The molecule has 1 spiro atoms. The van der Waals surface area contributed by atoms with Gasteiger partial charge in [-0.2, -0.15) is 0 Å². The standard InChI is InChI=1S/C39H48BrN3O8/c1-6-8-18-29(45)41-28(23-49-5)33(26-16-10-9-11-17-26)50-38(48)30-31-36(46)43(20-13-21-44)35(39(31)22-27(40)34(30)51-39)37(47)42(19-7-2)32-24(3)14-12-15-25(32)4/h6-7,9-12,14-17,27-28,30-31,33-35,44H,1-2,8,13,18-23H2,3-5H3,(H,41,45)/t27?,28-,30+,31-,33-,34+,35+,39-/m1/s1. The number of aliphatic hydroxyl groups is 1. The molecule has 2 aromatic carbocycles. The Morgan fingerprint density at radius 1 is 1.14 bits per heavy atom. The number of hydrogen-bond acceptors (Lipinski definition) is 8. The SMILES string of the molecule is C=CCCC(=O)N[C@H](COC)[C@H](OC(=O)[C@@H]1[C@H]2O[C@@]3(CC2Br)[C@H](C(=O)N(CC=C)c2c(C)cccc2C)N(CCCO)C(=O)[C@@H]13)c1ccccc1. The molecule has 2 N–H and O–H groups in total. The van der Waals surface area contributed by atoms with Crippen molar-refractivity contribution in [2.45, 2.75) is 74.3 Å². The lowest BCUT2D eigenvalue weighted by Crippen LogP contribution is -2.57. The van der Waals surface area contributed by atoms with Crippen LogP contribution in [0, 0.1) is 25.7 Å². The van der Waals surface area contributed by atoms with Gasteiger partial charge in [0.1, 0.15) is 17.7 Å². The van der Waals surface area contributed by atoms with Crippen LogP contribution in [0.2, 0.25) is 0 Å². The molecule has 3 saturated heterocycles. The van der Waals surface area contributed by atoms with Crippen molar-refractivity contribution >= 4 is 45.3 Å². The maximum Gasteiger partial charge on any atom is 0.313 e. The third-order valence-corrected chi connectivity index (χ3v) is 11.0. The number of nitrogens with zero attached hydrogens (tertiary/aromatic N) is 2. The van der Waals surface area contributed by atoms with Crippen molar-refractivity contribution in [2.75, 3.05) is 38.3 Å². The summed E-state index contributed by atoms with van der Waals surface area (Å²) in [5.74, 6) is -3.74. The number of fused-ring (bicyclic) bond motifs is 1. The number of alkyl halides is 1. The Labute approximate surface area is 308 Å². The highest BCUT2D eigenvalue weighted by Crippen LogP contribution is 2.60. The summed E-state index contributed by atoms with van der Waals surface area (Å²) in [6.07, 6.45) is 2.81. The van der Waals surface area contributed by atoms with Gasteiger partial charge in [-0.25, -0.2) is 0 Å². The Kier molecular flexibility index (Phi) is 12.5. The topological polar surface area (TPSA) is 135 Å². The molecule has 3 fully saturated rings. The molecule has 12 heteroatoms. The van der Waals surface area contributed by atoms with Crippen molar-refractivity contribution in [2.24, 2.45) is 11.8 Å². The number of carbonyl (C=O) groups is 4. The van der Waals surface area contributed by atoms with Crippen molar-refractivity contribution in [3.63, 3.8) is 0 Å². The molecule has 0 radical (unpaired) electrons. The molecular formula is C39H48BrN3O8. The number of carbonyl (C=O) groups excluding carboxylic acids is 4. The maximum atomic E-state index is 14.9. The van der Waals surface area contributed by atoms with Crippen molar-refractivity contribution in [3.8, 4) is 0 Å². The summed E-state index contributed by atoms with van der Waals surface area (Å²) < 4.78 is 18.5. The predicted molar refractivity (Wildman–Crippen MR) is 196 cm³/mol. The zero-order valence-electron chi connectivity index (χ0n) is 29.5. The fourth-order valence-corrected chi connectivity index (χ4v) is 9.03. The van der Waals surface area contributed by atoms with Gasteiger partial charge in [-0.3, -0.25) is 19.2 Å². The van der Waals surface area contributed by atoms with Crippen molar-refractivity contribution in [1.29, 1.82) is 0 Å². The fourth-order valence-electron chi connectivity index (χ4n) is 8.08. The number of rotatable bonds is 17. The third kappa shape index (κ3) is 7.42. The minimum absolute atomic E-state index is 0.0492. The number of aryl methyl sites for hydroxylation is 2. The number of ether oxygens (including phenoxy) is 3.